The molecule has 0 aromatic heterocycles. The highest BCUT2D eigenvalue weighted by molar-refractivity contribution is 5.99. The van der Waals surface area contributed by atoms with Crippen molar-refractivity contribution in [2.45, 2.75) is 32.4 Å². The molecule has 5 heteroatoms. The molecule has 2 rings (SSSR count). The maximum atomic E-state index is 8.76. The Labute approximate surface area is 120 Å². The number of ether oxygens (including phenoxy) is 1. The maximum Gasteiger partial charge on any atom is 0.173 e. The van der Waals surface area contributed by atoms with E-state index in [1.54, 1.807) is 7.11 Å². The first-order chi connectivity index (χ1) is 9.56. The highest BCUT2D eigenvalue weighted by atomic mass is 16.5. The van der Waals surface area contributed by atoms with Gasteiger partial charge in [0.2, 0.25) is 0 Å². The van der Waals surface area contributed by atoms with Gasteiger partial charge >= 0.3 is 0 Å². The lowest BCUT2D eigenvalue weighted by Crippen LogP contribution is -2.30. The van der Waals surface area contributed by atoms with Crippen molar-refractivity contribution in [1.82, 2.24) is 4.90 Å². The van der Waals surface area contributed by atoms with Crippen LogP contribution in [0.4, 0.5) is 0 Å². The van der Waals surface area contributed by atoms with Crippen LogP contribution < -0.4 is 10.5 Å². The summed E-state index contributed by atoms with van der Waals surface area (Å²) in [6.07, 6.45) is 2.69. The average Bonchev–Trinajstić information content (AvgIpc) is 3.30. The van der Waals surface area contributed by atoms with Gasteiger partial charge in [-0.2, -0.15) is 0 Å². The fraction of sp³-hybridized carbons (Fsp3) is 0.533. The molecule has 1 fully saturated rings. The van der Waals surface area contributed by atoms with E-state index in [0.717, 1.165) is 18.0 Å². The normalized spacial score (nSPS) is 17.3. The maximum absolute atomic E-state index is 8.76. The van der Waals surface area contributed by atoms with Gasteiger partial charge < -0.3 is 15.7 Å². The Morgan fingerprint density at radius 2 is 2.25 bits per heavy atom. The van der Waals surface area contributed by atoms with E-state index < -0.39 is 0 Å². The Kier molecular flexibility index (Phi) is 4.49. The van der Waals surface area contributed by atoms with E-state index in [4.69, 9.17) is 15.7 Å². The smallest absolute Gasteiger partial charge is 0.173 e. The number of rotatable bonds is 6. The molecule has 1 aromatic carbocycles. The van der Waals surface area contributed by atoms with Crippen molar-refractivity contribution in [3.63, 3.8) is 0 Å². The SMILES string of the molecule is COc1cc(CN(C)C(C)C2CC2)ccc1/C(N)=N/O. The molecule has 0 radical (unpaired) electrons. The molecule has 1 aromatic rings. The van der Waals surface area contributed by atoms with Gasteiger partial charge in [-0.25, -0.2) is 0 Å². The molecule has 20 heavy (non-hydrogen) atoms. The van der Waals surface area contributed by atoms with Crippen LogP contribution in [0.2, 0.25) is 0 Å². The monoisotopic (exact) mass is 277 g/mol. The fourth-order valence-electron chi connectivity index (χ4n) is 2.47. The lowest BCUT2D eigenvalue weighted by molar-refractivity contribution is 0.226. The zero-order chi connectivity index (χ0) is 14.7. The number of hydrogen-bond donors (Lipinski definition) is 2. The zero-order valence-corrected chi connectivity index (χ0v) is 12.3. The topological polar surface area (TPSA) is 71.1 Å². The van der Waals surface area contributed by atoms with Gasteiger partial charge in [0.1, 0.15) is 5.75 Å². The number of amidine groups is 1. The molecule has 1 saturated carbocycles. The van der Waals surface area contributed by atoms with Crippen molar-refractivity contribution in [2.24, 2.45) is 16.8 Å². The predicted octanol–water partition coefficient (Wildman–Crippen LogP) is 2.02. The zero-order valence-electron chi connectivity index (χ0n) is 12.3. The lowest BCUT2D eigenvalue weighted by atomic mass is 10.1. The van der Waals surface area contributed by atoms with Gasteiger partial charge in [-0.05, 0) is 50.4 Å². The summed E-state index contributed by atoms with van der Waals surface area (Å²) in [5, 5.41) is 11.8. The molecule has 110 valence electrons. The summed E-state index contributed by atoms with van der Waals surface area (Å²) >= 11 is 0. The molecule has 1 aliphatic carbocycles. The summed E-state index contributed by atoms with van der Waals surface area (Å²) in [7, 11) is 3.73. The summed E-state index contributed by atoms with van der Waals surface area (Å²) < 4.78 is 5.32. The second-order valence-electron chi connectivity index (χ2n) is 5.51. The average molecular weight is 277 g/mol. The largest absolute Gasteiger partial charge is 0.496 e. The van der Waals surface area contributed by atoms with Gasteiger partial charge in [-0.3, -0.25) is 4.90 Å². The predicted molar refractivity (Wildman–Crippen MR) is 79.2 cm³/mol. The molecule has 0 spiro atoms. The minimum absolute atomic E-state index is 0.0631. The van der Waals surface area contributed by atoms with Crippen LogP contribution in [-0.4, -0.2) is 36.1 Å². The lowest BCUT2D eigenvalue weighted by Gasteiger charge is -2.25. The Morgan fingerprint density at radius 3 is 2.80 bits per heavy atom. The number of hydrogen-bond acceptors (Lipinski definition) is 4. The van der Waals surface area contributed by atoms with Crippen LogP contribution in [0.1, 0.15) is 30.9 Å². The highest BCUT2D eigenvalue weighted by Crippen LogP contribution is 2.35. The molecule has 3 N–H and O–H groups in total. The van der Waals surface area contributed by atoms with Gasteiger partial charge in [0.25, 0.3) is 0 Å². The second-order valence-corrected chi connectivity index (χ2v) is 5.51. The number of oxime groups is 1. The summed E-state index contributed by atoms with van der Waals surface area (Å²) in [5.74, 6) is 1.54. The van der Waals surface area contributed by atoms with Crippen LogP contribution in [0.5, 0.6) is 5.75 Å². The van der Waals surface area contributed by atoms with Crippen molar-refractivity contribution >= 4 is 5.84 Å². The van der Waals surface area contributed by atoms with E-state index >= 15 is 0 Å². The van der Waals surface area contributed by atoms with Crippen LogP contribution in [-0.2, 0) is 6.54 Å². The van der Waals surface area contributed by atoms with Gasteiger partial charge in [0.15, 0.2) is 5.84 Å². The van der Waals surface area contributed by atoms with Crippen LogP contribution in [0.25, 0.3) is 0 Å². The third-order valence-electron chi connectivity index (χ3n) is 4.08. The molecule has 0 aliphatic heterocycles. The van der Waals surface area contributed by atoms with Crippen molar-refractivity contribution in [3.05, 3.63) is 29.3 Å². The van der Waals surface area contributed by atoms with Gasteiger partial charge in [0, 0.05) is 12.6 Å². The van der Waals surface area contributed by atoms with Gasteiger partial charge in [0.05, 0.1) is 12.7 Å². The van der Waals surface area contributed by atoms with E-state index in [1.807, 2.05) is 18.2 Å². The highest BCUT2D eigenvalue weighted by Gasteiger charge is 2.30. The van der Waals surface area contributed by atoms with Crippen LogP contribution in [0, 0.1) is 5.92 Å². The molecule has 0 saturated heterocycles. The summed E-state index contributed by atoms with van der Waals surface area (Å²) in [6, 6.07) is 6.37. The molecule has 1 unspecified atom stereocenters. The molecule has 0 amide bonds. The second kappa shape index (κ2) is 6.13. The molecule has 5 nitrogen and oxygen atoms in total. The van der Waals surface area contributed by atoms with Crippen molar-refractivity contribution < 1.29 is 9.94 Å². The van der Waals surface area contributed by atoms with Crippen LogP contribution >= 0.6 is 0 Å². The molecular formula is C15H23N3O2. The minimum Gasteiger partial charge on any atom is -0.496 e. The van der Waals surface area contributed by atoms with Crippen molar-refractivity contribution in [3.8, 4) is 5.75 Å². The number of methoxy groups -OCH3 is 1. The molecule has 0 heterocycles. The Hall–Kier alpha value is -1.75. The Balaban J connectivity index is 2.12. The van der Waals surface area contributed by atoms with E-state index in [0.29, 0.717) is 17.4 Å². The third-order valence-corrected chi connectivity index (χ3v) is 4.08. The van der Waals surface area contributed by atoms with E-state index in [9.17, 15) is 0 Å². The van der Waals surface area contributed by atoms with Crippen molar-refractivity contribution in [1.29, 1.82) is 0 Å². The molecule has 0 bridgehead atoms. The van der Waals surface area contributed by atoms with E-state index in [-0.39, 0.29) is 5.84 Å². The number of benzene rings is 1. The molecule has 1 aliphatic rings. The fourth-order valence-corrected chi connectivity index (χ4v) is 2.47. The number of nitrogens with zero attached hydrogens (tertiary/aromatic N) is 2. The van der Waals surface area contributed by atoms with E-state index in [1.165, 1.54) is 12.8 Å². The molecular weight excluding hydrogens is 254 g/mol. The quantitative estimate of drug-likeness (QED) is 0.361. The standard InChI is InChI=1S/C15H23N3O2/c1-10(12-5-6-12)18(2)9-11-4-7-13(15(16)17-19)14(8-11)20-3/h4,7-8,10,12,19H,5-6,9H2,1-3H3,(H2,16,17). The van der Waals surface area contributed by atoms with Crippen LogP contribution in [0.15, 0.2) is 23.4 Å². The minimum atomic E-state index is 0.0631. The van der Waals surface area contributed by atoms with Gasteiger partial charge in [-0.1, -0.05) is 11.2 Å². The first-order valence-corrected chi connectivity index (χ1v) is 6.92. The third kappa shape index (κ3) is 3.22. The first kappa shape index (κ1) is 14.7. The van der Waals surface area contributed by atoms with Crippen LogP contribution in [0.3, 0.4) is 0 Å². The summed E-state index contributed by atoms with van der Waals surface area (Å²) in [5.41, 5.74) is 7.39. The summed E-state index contributed by atoms with van der Waals surface area (Å²) in [4.78, 5) is 2.36. The van der Waals surface area contributed by atoms with Crippen molar-refractivity contribution in [2.75, 3.05) is 14.2 Å². The van der Waals surface area contributed by atoms with E-state index in [2.05, 4.69) is 24.0 Å². The molecule has 1 atom stereocenters. The Morgan fingerprint density at radius 1 is 1.55 bits per heavy atom. The summed E-state index contributed by atoms with van der Waals surface area (Å²) in [6.45, 7) is 3.14. The number of nitrogens with two attached hydrogens (primary N) is 1. The first-order valence-electron chi connectivity index (χ1n) is 6.92. The van der Waals surface area contributed by atoms with Gasteiger partial charge in [-0.15, -0.1) is 0 Å². The Bertz CT molecular complexity index is 498.